The van der Waals surface area contributed by atoms with Crippen molar-refractivity contribution in [2.75, 3.05) is 0 Å². The molecule has 0 bridgehead atoms. The Morgan fingerprint density at radius 3 is 2.59 bits per heavy atom. The highest BCUT2D eigenvalue weighted by Crippen LogP contribution is 2.18. The third-order valence-electron chi connectivity index (χ3n) is 3.38. The van der Waals surface area contributed by atoms with Gasteiger partial charge in [-0.3, -0.25) is 14.5 Å². The highest BCUT2D eigenvalue weighted by molar-refractivity contribution is 5.93. The van der Waals surface area contributed by atoms with E-state index in [-0.39, 0.29) is 5.91 Å². The van der Waals surface area contributed by atoms with Crippen LogP contribution in [0.1, 0.15) is 16.1 Å². The fourth-order valence-electron chi connectivity index (χ4n) is 2.20. The average Bonchev–Trinajstić information content (AvgIpc) is 2.96. The molecule has 0 radical (unpaired) electrons. The topological polar surface area (TPSA) is 59.8 Å². The molecule has 0 aliphatic carbocycles. The second kappa shape index (κ2) is 6.22. The molecule has 0 spiro atoms. The molecule has 5 nitrogen and oxygen atoms in total. The van der Waals surface area contributed by atoms with Gasteiger partial charge in [-0.2, -0.15) is 5.10 Å². The summed E-state index contributed by atoms with van der Waals surface area (Å²) in [4.78, 5) is 16.3. The molecule has 110 valence electrons. The summed E-state index contributed by atoms with van der Waals surface area (Å²) in [6.07, 6.45) is 3.41. The Kier molecular flexibility index (Phi) is 3.96. The highest BCUT2D eigenvalue weighted by atomic mass is 16.2. The molecule has 1 aromatic carbocycles. The van der Waals surface area contributed by atoms with E-state index in [0.29, 0.717) is 12.2 Å². The normalized spacial score (nSPS) is 10.4. The molecule has 2 heterocycles. The van der Waals surface area contributed by atoms with Crippen molar-refractivity contribution in [3.05, 3.63) is 72.2 Å². The standard InChI is InChI=1S/C17H16N4O/c1-21-16(11-15(20-21)14-5-3-2-4-6-14)17(22)19-12-13-7-9-18-10-8-13/h2-11H,12H2,1H3,(H,19,22). The van der Waals surface area contributed by atoms with E-state index < -0.39 is 0 Å². The van der Waals surface area contributed by atoms with Gasteiger partial charge in [0.05, 0.1) is 5.69 Å². The van der Waals surface area contributed by atoms with E-state index in [2.05, 4.69) is 15.4 Å². The van der Waals surface area contributed by atoms with Crippen LogP contribution in [0.15, 0.2) is 60.9 Å². The lowest BCUT2D eigenvalue weighted by Gasteiger charge is -2.04. The van der Waals surface area contributed by atoms with Crippen molar-refractivity contribution in [2.24, 2.45) is 7.05 Å². The van der Waals surface area contributed by atoms with Gasteiger partial charge in [0.1, 0.15) is 5.69 Å². The molecule has 0 saturated heterocycles. The van der Waals surface area contributed by atoms with Gasteiger partial charge in [-0.1, -0.05) is 30.3 Å². The zero-order valence-electron chi connectivity index (χ0n) is 12.2. The Morgan fingerprint density at radius 2 is 1.86 bits per heavy atom. The predicted molar refractivity (Wildman–Crippen MR) is 84.1 cm³/mol. The summed E-state index contributed by atoms with van der Waals surface area (Å²) in [5.41, 5.74) is 3.32. The van der Waals surface area contributed by atoms with E-state index in [1.54, 1.807) is 30.2 Å². The van der Waals surface area contributed by atoms with Crippen molar-refractivity contribution in [2.45, 2.75) is 6.54 Å². The molecule has 1 amide bonds. The van der Waals surface area contributed by atoms with Gasteiger partial charge in [-0.05, 0) is 23.8 Å². The van der Waals surface area contributed by atoms with Crippen LogP contribution in [0.2, 0.25) is 0 Å². The molecule has 0 saturated carbocycles. The minimum Gasteiger partial charge on any atom is -0.347 e. The number of rotatable bonds is 4. The summed E-state index contributed by atoms with van der Waals surface area (Å²) in [5.74, 6) is -0.144. The Bertz CT molecular complexity index is 766. The first-order valence-corrected chi connectivity index (χ1v) is 7.00. The van der Waals surface area contributed by atoms with Crippen molar-refractivity contribution in [3.8, 4) is 11.3 Å². The number of hydrogen-bond acceptors (Lipinski definition) is 3. The molecule has 0 atom stereocenters. The summed E-state index contributed by atoms with van der Waals surface area (Å²) < 4.78 is 1.60. The monoisotopic (exact) mass is 292 g/mol. The van der Waals surface area contributed by atoms with E-state index in [1.165, 1.54) is 0 Å². The van der Waals surface area contributed by atoms with Gasteiger partial charge < -0.3 is 5.32 Å². The van der Waals surface area contributed by atoms with E-state index in [4.69, 9.17) is 0 Å². The molecule has 0 aliphatic heterocycles. The van der Waals surface area contributed by atoms with Crippen molar-refractivity contribution in [3.63, 3.8) is 0 Å². The second-order valence-corrected chi connectivity index (χ2v) is 4.94. The first kappa shape index (κ1) is 14.0. The minimum atomic E-state index is -0.144. The van der Waals surface area contributed by atoms with Crippen LogP contribution in [0, 0.1) is 0 Å². The smallest absolute Gasteiger partial charge is 0.269 e. The predicted octanol–water partition coefficient (Wildman–Crippen LogP) is 2.41. The van der Waals surface area contributed by atoms with E-state index in [0.717, 1.165) is 16.8 Å². The lowest BCUT2D eigenvalue weighted by atomic mass is 10.1. The van der Waals surface area contributed by atoms with Crippen LogP contribution >= 0.6 is 0 Å². The first-order valence-electron chi connectivity index (χ1n) is 7.00. The van der Waals surface area contributed by atoms with Crippen LogP contribution in [0.5, 0.6) is 0 Å². The van der Waals surface area contributed by atoms with Crippen LogP contribution < -0.4 is 5.32 Å². The summed E-state index contributed by atoms with van der Waals surface area (Å²) in [6.45, 7) is 0.465. The molecule has 2 aromatic heterocycles. The molecule has 0 unspecified atom stereocenters. The zero-order valence-corrected chi connectivity index (χ0v) is 12.2. The first-order chi connectivity index (χ1) is 10.7. The summed E-state index contributed by atoms with van der Waals surface area (Å²) in [7, 11) is 1.77. The molecule has 3 rings (SSSR count). The van der Waals surface area contributed by atoms with Gasteiger partial charge in [-0.25, -0.2) is 0 Å². The molecule has 0 fully saturated rings. The van der Waals surface area contributed by atoms with Gasteiger partial charge in [-0.15, -0.1) is 0 Å². The number of aryl methyl sites for hydroxylation is 1. The van der Waals surface area contributed by atoms with E-state index in [9.17, 15) is 4.79 Å². The van der Waals surface area contributed by atoms with Crippen LogP contribution in [0.25, 0.3) is 11.3 Å². The highest BCUT2D eigenvalue weighted by Gasteiger charge is 2.13. The fourth-order valence-corrected chi connectivity index (χ4v) is 2.20. The third kappa shape index (κ3) is 3.03. The number of carbonyl (C=O) groups excluding carboxylic acids is 1. The zero-order chi connectivity index (χ0) is 15.4. The van der Waals surface area contributed by atoms with E-state index >= 15 is 0 Å². The van der Waals surface area contributed by atoms with Crippen molar-refractivity contribution in [1.29, 1.82) is 0 Å². The maximum atomic E-state index is 12.3. The molecule has 22 heavy (non-hydrogen) atoms. The summed E-state index contributed by atoms with van der Waals surface area (Å²) >= 11 is 0. The molecule has 5 heteroatoms. The summed E-state index contributed by atoms with van der Waals surface area (Å²) in [5, 5.41) is 7.30. The SMILES string of the molecule is Cn1nc(-c2ccccc2)cc1C(=O)NCc1ccncc1. The van der Waals surface area contributed by atoms with Crippen molar-refractivity contribution in [1.82, 2.24) is 20.1 Å². The van der Waals surface area contributed by atoms with Gasteiger partial charge in [0.2, 0.25) is 0 Å². The Balaban J connectivity index is 1.74. The van der Waals surface area contributed by atoms with Crippen molar-refractivity contribution < 1.29 is 4.79 Å². The fraction of sp³-hybridized carbons (Fsp3) is 0.118. The van der Waals surface area contributed by atoms with Crippen LogP contribution in [0.3, 0.4) is 0 Å². The molecule has 1 N–H and O–H groups in total. The molecule has 3 aromatic rings. The van der Waals surface area contributed by atoms with Gasteiger partial charge >= 0.3 is 0 Å². The Labute approximate surface area is 128 Å². The number of amides is 1. The molecule has 0 aliphatic rings. The average molecular weight is 292 g/mol. The third-order valence-corrected chi connectivity index (χ3v) is 3.38. The number of carbonyl (C=O) groups is 1. The minimum absolute atomic E-state index is 0.144. The number of benzene rings is 1. The quantitative estimate of drug-likeness (QED) is 0.803. The van der Waals surface area contributed by atoms with Crippen LogP contribution in [-0.4, -0.2) is 20.7 Å². The van der Waals surface area contributed by atoms with E-state index in [1.807, 2.05) is 42.5 Å². The van der Waals surface area contributed by atoms with Crippen molar-refractivity contribution >= 4 is 5.91 Å². The van der Waals surface area contributed by atoms with Crippen LogP contribution in [0.4, 0.5) is 0 Å². The van der Waals surface area contributed by atoms with Gasteiger partial charge in [0.25, 0.3) is 5.91 Å². The summed E-state index contributed by atoms with van der Waals surface area (Å²) in [6, 6.07) is 15.4. The van der Waals surface area contributed by atoms with Crippen LogP contribution in [-0.2, 0) is 13.6 Å². The number of nitrogens with zero attached hydrogens (tertiary/aromatic N) is 3. The van der Waals surface area contributed by atoms with Gasteiger partial charge in [0.15, 0.2) is 0 Å². The second-order valence-electron chi connectivity index (χ2n) is 4.94. The lowest BCUT2D eigenvalue weighted by Crippen LogP contribution is -2.25. The lowest BCUT2D eigenvalue weighted by molar-refractivity contribution is 0.0941. The largest absolute Gasteiger partial charge is 0.347 e. The number of nitrogens with one attached hydrogen (secondary N) is 1. The number of aromatic nitrogens is 3. The van der Waals surface area contributed by atoms with Gasteiger partial charge in [0, 0.05) is 31.5 Å². The molecular formula is C17H16N4O. The number of pyridine rings is 1. The Morgan fingerprint density at radius 1 is 1.14 bits per heavy atom. The maximum Gasteiger partial charge on any atom is 0.269 e. The Hall–Kier alpha value is -2.95. The maximum absolute atomic E-state index is 12.3. The number of hydrogen-bond donors (Lipinski definition) is 1. The molecular weight excluding hydrogens is 276 g/mol.